The first kappa shape index (κ1) is 20.6. The first-order valence-electron chi connectivity index (χ1n) is 10.8. The lowest BCUT2D eigenvalue weighted by molar-refractivity contribution is -0.118. The topological polar surface area (TPSA) is 66.0 Å². The summed E-state index contributed by atoms with van der Waals surface area (Å²) in [5.74, 6) is 1.85. The van der Waals surface area contributed by atoms with E-state index >= 15 is 0 Å². The molecule has 0 spiro atoms. The predicted molar refractivity (Wildman–Crippen MR) is 114 cm³/mol. The molecule has 1 fully saturated rings. The summed E-state index contributed by atoms with van der Waals surface area (Å²) in [5.41, 5.74) is 2.35. The van der Waals surface area contributed by atoms with Gasteiger partial charge in [-0.2, -0.15) is 0 Å². The van der Waals surface area contributed by atoms with E-state index in [9.17, 15) is 4.79 Å². The smallest absolute Gasteiger partial charge is 0.227 e. The fourth-order valence-corrected chi connectivity index (χ4v) is 3.41. The Bertz CT molecular complexity index is 658. The molecule has 1 aliphatic heterocycles. The number of nitrogens with one attached hydrogen (secondary N) is 2. The second kappa shape index (κ2) is 11.1. The van der Waals surface area contributed by atoms with Crippen LogP contribution in [0.3, 0.4) is 0 Å². The van der Waals surface area contributed by atoms with Crippen molar-refractivity contribution in [1.82, 2.24) is 10.6 Å². The van der Waals surface area contributed by atoms with E-state index in [1.54, 1.807) is 0 Å². The van der Waals surface area contributed by atoms with Crippen LogP contribution in [0.25, 0.3) is 0 Å². The molecular formula is C22H34N4O2. The summed E-state index contributed by atoms with van der Waals surface area (Å²) in [6, 6.07) is 8.19. The molecule has 0 bridgehead atoms. The van der Waals surface area contributed by atoms with Gasteiger partial charge in [-0.15, -0.1) is 0 Å². The van der Waals surface area contributed by atoms with E-state index in [-0.39, 0.29) is 5.91 Å². The van der Waals surface area contributed by atoms with Crippen LogP contribution in [0.5, 0.6) is 0 Å². The Morgan fingerprint density at radius 2 is 2.11 bits per heavy atom. The number of carbonyl (C=O) groups excluding carboxylic acids is 1. The molecular weight excluding hydrogens is 352 g/mol. The lowest BCUT2D eigenvalue weighted by Gasteiger charge is -2.17. The Labute approximate surface area is 168 Å². The van der Waals surface area contributed by atoms with Crippen molar-refractivity contribution < 1.29 is 9.53 Å². The summed E-state index contributed by atoms with van der Waals surface area (Å²) in [5, 5.41) is 6.60. The van der Waals surface area contributed by atoms with Crippen LogP contribution in [0.15, 0.2) is 29.3 Å². The van der Waals surface area contributed by atoms with Crippen LogP contribution in [0, 0.1) is 5.92 Å². The maximum absolute atomic E-state index is 12.5. The lowest BCUT2D eigenvalue weighted by atomic mass is 10.2. The van der Waals surface area contributed by atoms with E-state index in [4.69, 9.17) is 4.74 Å². The number of benzene rings is 1. The largest absolute Gasteiger partial charge is 0.381 e. The van der Waals surface area contributed by atoms with Crippen LogP contribution in [0.1, 0.15) is 44.6 Å². The first-order valence-corrected chi connectivity index (χ1v) is 10.8. The zero-order chi connectivity index (χ0) is 19.6. The number of guanidine groups is 1. The molecule has 2 N–H and O–H groups in total. The van der Waals surface area contributed by atoms with Crippen LogP contribution < -0.4 is 15.5 Å². The maximum Gasteiger partial charge on any atom is 0.227 e. The molecule has 0 radical (unpaired) electrons. The average molecular weight is 387 g/mol. The van der Waals surface area contributed by atoms with Gasteiger partial charge >= 0.3 is 0 Å². The van der Waals surface area contributed by atoms with Crippen molar-refractivity contribution in [1.29, 1.82) is 0 Å². The Morgan fingerprint density at radius 3 is 2.93 bits per heavy atom. The number of nitrogens with zero attached hydrogens (tertiary/aromatic N) is 2. The average Bonchev–Trinajstić information content (AvgIpc) is 3.43. The Hall–Kier alpha value is -2.08. The van der Waals surface area contributed by atoms with Crippen molar-refractivity contribution in [3.63, 3.8) is 0 Å². The number of para-hydroxylation sites is 1. The maximum atomic E-state index is 12.5. The minimum atomic E-state index is 0.200. The van der Waals surface area contributed by atoms with Gasteiger partial charge in [0.1, 0.15) is 0 Å². The Morgan fingerprint density at radius 1 is 1.25 bits per heavy atom. The predicted octanol–water partition coefficient (Wildman–Crippen LogP) is 2.73. The number of carbonyl (C=O) groups is 1. The van der Waals surface area contributed by atoms with Crippen molar-refractivity contribution in [2.75, 3.05) is 44.3 Å². The van der Waals surface area contributed by atoms with Gasteiger partial charge < -0.3 is 20.3 Å². The minimum Gasteiger partial charge on any atom is -0.381 e. The third-order valence-electron chi connectivity index (χ3n) is 5.16. The summed E-state index contributed by atoms with van der Waals surface area (Å²) in [7, 11) is 0. The summed E-state index contributed by atoms with van der Waals surface area (Å²) >= 11 is 0. The Balaban J connectivity index is 1.32. The van der Waals surface area contributed by atoms with Gasteiger partial charge in [0, 0.05) is 51.5 Å². The van der Waals surface area contributed by atoms with Crippen LogP contribution >= 0.6 is 0 Å². The van der Waals surface area contributed by atoms with E-state index in [0.29, 0.717) is 13.0 Å². The number of fused-ring (bicyclic) bond motifs is 1. The Kier molecular flexibility index (Phi) is 8.15. The molecule has 0 atom stereocenters. The fourth-order valence-electron chi connectivity index (χ4n) is 3.41. The van der Waals surface area contributed by atoms with E-state index in [2.05, 4.69) is 28.6 Å². The number of hydrogen-bond acceptors (Lipinski definition) is 3. The zero-order valence-electron chi connectivity index (χ0n) is 17.1. The second-order valence-corrected chi connectivity index (χ2v) is 7.59. The van der Waals surface area contributed by atoms with Crippen molar-refractivity contribution in [3.8, 4) is 0 Å². The highest BCUT2D eigenvalue weighted by atomic mass is 16.5. The standard InChI is InChI=1S/C22H34N4O2/c1-2-23-22(25-14-6-16-28-17-18-10-11-18)24-13-5-9-21(27)26-15-12-19-7-3-4-8-20(19)26/h3-4,7-8,18H,2,5-6,9-17H2,1H3,(H2,23,24,25). The third kappa shape index (κ3) is 6.51. The molecule has 1 heterocycles. The number of hydrogen-bond donors (Lipinski definition) is 2. The molecule has 154 valence electrons. The number of rotatable bonds is 11. The van der Waals surface area contributed by atoms with E-state index in [1.165, 1.54) is 18.4 Å². The quantitative estimate of drug-likeness (QED) is 0.349. The highest BCUT2D eigenvalue weighted by Gasteiger charge is 2.23. The van der Waals surface area contributed by atoms with Gasteiger partial charge in [-0.3, -0.25) is 9.79 Å². The van der Waals surface area contributed by atoms with Crippen LogP contribution in [-0.4, -0.2) is 51.3 Å². The van der Waals surface area contributed by atoms with E-state index < -0.39 is 0 Å². The number of ether oxygens (including phenoxy) is 1. The molecule has 1 aliphatic carbocycles. The van der Waals surface area contributed by atoms with Crippen LogP contribution in [0.2, 0.25) is 0 Å². The number of anilines is 1. The van der Waals surface area contributed by atoms with Crippen molar-refractivity contribution in [3.05, 3.63) is 29.8 Å². The van der Waals surface area contributed by atoms with Gasteiger partial charge in [0.15, 0.2) is 5.96 Å². The molecule has 1 aromatic rings. The fraction of sp³-hybridized carbons (Fsp3) is 0.636. The monoisotopic (exact) mass is 386 g/mol. The van der Waals surface area contributed by atoms with Gasteiger partial charge in [0.05, 0.1) is 0 Å². The van der Waals surface area contributed by atoms with Gasteiger partial charge in [0.25, 0.3) is 0 Å². The molecule has 1 saturated carbocycles. The minimum absolute atomic E-state index is 0.200. The van der Waals surface area contributed by atoms with Gasteiger partial charge in [-0.25, -0.2) is 0 Å². The molecule has 6 nitrogen and oxygen atoms in total. The summed E-state index contributed by atoms with van der Waals surface area (Å²) in [4.78, 5) is 19.1. The molecule has 28 heavy (non-hydrogen) atoms. The zero-order valence-corrected chi connectivity index (χ0v) is 17.1. The number of amides is 1. The summed E-state index contributed by atoms with van der Waals surface area (Å²) < 4.78 is 5.66. The van der Waals surface area contributed by atoms with E-state index in [0.717, 1.165) is 69.7 Å². The number of aliphatic imine (C=N–C) groups is 1. The molecule has 0 unspecified atom stereocenters. The molecule has 1 amide bonds. The van der Waals surface area contributed by atoms with Gasteiger partial charge in [-0.1, -0.05) is 18.2 Å². The highest BCUT2D eigenvalue weighted by molar-refractivity contribution is 5.95. The summed E-state index contributed by atoms with van der Waals surface area (Å²) in [6.07, 6.45) is 5.90. The molecule has 6 heteroatoms. The van der Waals surface area contributed by atoms with Crippen LogP contribution in [-0.2, 0) is 16.0 Å². The molecule has 0 aromatic heterocycles. The highest BCUT2D eigenvalue weighted by Crippen LogP contribution is 2.29. The molecule has 2 aliphatic rings. The molecule has 3 rings (SSSR count). The van der Waals surface area contributed by atoms with Crippen molar-refractivity contribution in [2.45, 2.75) is 45.4 Å². The lowest BCUT2D eigenvalue weighted by Crippen LogP contribution is -2.38. The SMILES string of the molecule is CCNC(=NCCCC(=O)N1CCc2ccccc21)NCCCOCC1CC1. The molecule has 1 aromatic carbocycles. The third-order valence-corrected chi connectivity index (χ3v) is 5.16. The first-order chi connectivity index (χ1) is 13.8. The van der Waals surface area contributed by atoms with E-state index in [1.807, 2.05) is 23.1 Å². The van der Waals surface area contributed by atoms with Gasteiger partial charge in [-0.05, 0) is 56.6 Å². The van der Waals surface area contributed by atoms with Crippen molar-refractivity contribution in [2.24, 2.45) is 10.9 Å². The summed E-state index contributed by atoms with van der Waals surface area (Å²) in [6.45, 7) is 6.90. The molecule has 0 saturated heterocycles. The normalized spacial score (nSPS) is 16.2. The second-order valence-electron chi connectivity index (χ2n) is 7.59. The van der Waals surface area contributed by atoms with Crippen LogP contribution in [0.4, 0.5) is 5.69 Å². The van der Waals surface area contributed by atoms with Gasteiger partial charge in [0.2, 0.25) is 5.91 Å². The van der Waals surface area contributed by atoms with Crippen molar-refractivity contribution >= 4 is 17.6 Å².